The van der Waals surface area contributed by atoms with Crippen LogP contribution in [0.1, 0.15) is 32.6 Å². The summed E-state index contributed by atoms with van der Waals surface area (Å²) in [6, 6.07) is -0.0568. The van der Waals surface area contributed by atoms with Gasteiger partial charge in [-0.25, -0.2) is 0 Å². The van der Waals surface area contributed by atoms with E-state index in [2.05, 4.69) is 12.2 Å². The second-order valence-electron chi connectivity index (χ2n) is 3.65. The lowest BCUT2D eigenvalue weighted by molar-refractivity contribution is -0.145. The van der Waals surface area contributed by atoms with Crippen molar-refractivity contribution in [3.8, 4) is 0 Å². The Labute approximate surface area is 79.8 Å². The SMILES string of the molecule is CCCC1CCCNC1C(=O)OC. The topological polar surface area (TPSA) is 38.3 Å². The van der Waals surface area contributed by atoms with E-state index in [1.807, 2.05) is 0 Å². The van der Waals surface area contributed by atoms with Gasteiger partial charge < -0.3 is 10.1 Å². The number of piperidine rings is 1. The van der Waals surface area contributed by atoms with Gasteiger partial charge in [0.05, 0.1) is 7.11 Å². The Morgan fingerprint density at radius 3 is 3.00 bits per heavy atom. The zero-order chi connectivity index (χ0) is 9.68. The first-order valence-corrected chi connectivity index (χ1v) is 5.10. The Kier molecular flexibility index (Phi) is 4.22. The van der Waals surface area contributed by atoms with Gasteiger partial charge in [-0.3, -0.25) is 4.79 Å². The average molecular weight is 185 g/mol. The minimum Gasteiger partial charge on any atom is -0.468 e. The fourth-order valence-electron chi connectivity index (χ4n) is 2.04. The summed E-state index contributed by atoms with van der Waals surface area (Å²) in [6.07, 6.45) is 4.59. The standard InChI is InChI=1S/C10H19NO2/c1-3-5-8-6-4-7-11-9(8)10(12)13-2/h8-9,11H,3-7H2,1-2H3. The van der Waals surface area contributed by atoms with Crippen molar-refractivity contribution in [2.24, 2.45) is 5.92 Å². The van der Waals surface area contributed by atoms with Gasteiger partial charge in [-0.05, 0) is 31.7 Å². The number of carbonyl (C=O) groups excluding carboxylic acids is 1. The third kappa shape index (κ3) is 2.69. The zero-order valence-electron chi connectivity index (χ0n) is 8.51. The molecule has 0 aromatic rings. The van der Waals surface area contributed by atoms with Crippen LogP contribution in [0.3, 0.4) is 0 Å². The molecule has 0 amide bonds. The number of hydrogen-bond donors (Lipinski definition) is 1. The van der Waals surface area contributed by atoms with Crippen LogP contribution in [0, 0.1) is 5.92 Å². The van der Waals surface area contributed by atoms with E-state index in [0.29, 0.717) is 5.92 Å². The first-order chi connectivity index (χ1) is 6.29. The number of hydrogen-bond acceptors (Lipinski definition) is 3. The number of ether oxygens (including phenoxy) is 1. The van der Waals surface area contributed by atoms with Crippen molar-refractivity contribution in [3.05, 3.63) is 0 Å². The van der Waals surface area contributed by atoms with Gasteiger partial charge in [-0.1, -0.05) is 13.3 Å². The summed E-state index contributed by atoms with van der Waals surface area (Å²) in [6.45, 7) is 3.10. The van der Waals surface area contributed by atoms with E-state index in [1.165, 1.54) is 13.5 Å². The first-order valence-electron chi connectivity index (χ1n) is 5.10. The van der Waals surface area contributed by atoms with Gasteiger partial charge in [0, 0.05) is 0 Å². The van der Waals surface area contributed by atoms with E-state index in [0.717, 1.165) is 25.8 Å². The average Bonchev–Trinajstić information content (AvgIpc) is 2.18. The maximum Gasteiger partial charge on any atom is 0.323 e. The zero-order valence-corrected chi connectivity index (χ0v) is 8.51. The molecule has 2 unspecified atom stereocenters. The molecule has 1 fully saturated rings. The molecular weight excluding hydrogens is 166 g/mol. The molecule has 3 nitrogen and oxygen atoms in total. The summed E-state index contributed by atoms with van der Waals surface area (Å²) in [7, 11) is 1.46. The van der Waals surface area contributed by atoms with Gasteiger partial charge in [0.15, 0.2) is 0 Å². The number of esters is 1. The van der Waals surface area contributed by atoms with Crippen LogP contribution in [0.15, 0.2) is 0 Å². The predicted molar refractivity (Wildman–Crippen MR) is 51.4 cm³/mol. The van der Waals surface area contributed by atoms with E-state index in [-0.39, 0.29) is 12.0 Å². The lowest BCUT2D eigenvalue weighted by atomic mass is 9.87. The summed E-state index contributed by atoms with van der Waals surface area (Å²) >= 11 is 0. The quantitative estimate of drug-likeness (QED) is 0.674. The van der Waals surface area contributed by atoms with Crippen LogP contribution in [0.5, 0.6) is 0 Å². The van der Waals surface area contributed by atoms with Crippen LogP contribution < -0.4 is 5.32 Å². The van der Waals surface area contributed by atoms with Gasteiger partial charge in [-0.15, -0.1) is 0 Å². The van der Waals surface area contributed by atoms with Gasteiger partial charge in [-0.2, -0.15) is 0 Å². The molecule has 13 heavy (non-hydrogen) atoms. The van der Waals surface area contributed by atoms with Crippen LogP contribution in [0.2, 0.25) is 0 Å². The molecule has 0 saturated carbocycles. The molecule has 0 aromatic heterocycles. The third-order valence-corrected chi connectivity index (χ3v) is 2.70. The Balaban J connectivity index is 2.50. The maximum atomic E-state index is 11.4. The lowest BCUT2D eigenvalue weighted by Gasteiger charge is -2.30. The Hall–Kier alpha value is -0.570. The monoisotopic (exact) mass is 185 g/mol. The second kappa shape index (κ2) is 5.22. The van der Waals surface area contributed by atoms with E-state index in [1.54, 1.807) is 0 Å². The summed E-state index contributed by atoms with van der Waals surface area (Å²) < 4.78 is 4.76. The maximum absolute atomic E-state index is 11.4. The smallest absolute Gasteiger partial charge is 0.323 e. The van der Waals surface area contributed by atoms with Crippen molar-refractivity contribution in [2.45, 2.75) is 38.6 Å². The highest BCUT2D eigenvalue weighted by Gasteiger charge is 2.30. The first kappa shape index (κ1) is 10.5. The number of nitrogens with one attached hydrogen (secondary N) is 1. The fraction of sp³-hybridized carbons (Fsp3) is 0.900. The van der Waals surface area contributed by atoms with Crippen molar-refractivity contribution < 1.29 is 9.53 Å². The van der Waals surface area contributed by atoms with Crippen LogP contribution in [-0.2, 0) is 9.53 Å². The van der Waals surface area contributed by atoms with Crippen molar-refractivity contribution in [2.75, 3.05) is 13.7 Å². The second-order valence-corrected chi connectivity index (χ2v) is 3.65. The molecule has 1 saturated heterocycles. The van der Waals surface area contributed by atoms with E-state index in [9.17, 15) is 4.79 Å². The van der Waals surface area contributed by atoms with Crippen molar-refractivity contribution in [1.82, 2.24) is 5.32 Å². The summed E-state index contributed by atoms with van der Waals surface area (Å²) in [5.41, 5.74) is 0. The molecule has 3 heteroatoms. The molecule has 76 valence electrons. The van der Waals surface area contributed by atoms with E-state index < -0.39 is 0 Å². The van der Waals surface area contributed by atoms with E-state index >= 15 is 0 Å². The lowest BCUT2D eigenvalue weighted by Crippen LogP contribution is -2.47. The Bertz CT molecular complexity index is 168. The molecule has 1 rings (SSSR count). The van der Waals surface area contributed by atoms with Crippen LogP contribution in [-0.4, -0.2) is 25.7 Å². The summed E-state index contributed by atoms with van der Waals surface area (Å²) in [4.78, 5) is 11.4. The Morgan fingerprint density at radius 2 is 2.38 bits per heavy atom. The highest BCUT2D eigenvalue weighted by Crippen LogP contribution is 2.22. The molecule has 0 spiro atoms. The third-order valence-electron chi connectivity index (χ3n) is 2.70. The molecule has 1 aliphatic heterocycles. The van der Waals surface area contributed by atoms with Crippen molar-refractivity contribution in [3.63, 3.8) is 0 Å². The molecule has 1 N–H and O–H groups in total. The molecule has 0 bridgehead atoms. The van der Waals surface area contributed by atoms with Gasteiger partial charge in [0.2, 0.25) is 0 Å². The molecular formula is C10H19NO2. The van der Waals surface area contributed by atoms with Gasteiger partial charge >= 0.3 is 5.97 Å². The minimum absolute atomic E-state index is 0.0568. The highest BCUT2D eigenvalue weighted by molar-refractivity contribution is 5.76. The predicted octanol–water partition coefficient (Wildman–Crippen LogP) is 1.33. The van der Waals surface area contributed by atoms with E-state index in [4.69, 9.17) is 4.74 Å². The summed E-state index contributed by atoms with van der Waals surface area (Å²) in [5, 5.41) is 3.23. The normalized spacial score (nSPS) is 28.5. The number of rotatable bonds is 3. The summed E-state index contributed by atoms with van der Waals surface area (Å²) in [5.74, 6) is 0.379. The fourth-order valence-corrected chi connectivity index (χ4v) is 2.04. The van der Waals surface area contributed by atoms with Gasteiger partial charge in [0.25, 0.3) is 0 Å². The molecule has 0 aliphatic carbocycles. The van der Waals surface area contributed by atoms with Crippen molar-refractivity contribution >= 4 is 5.97 Å². The Morgan fingerprint density at radius 1 is 1.62 bits per heavy atom. The van der Waals surface area contributed by atoms with Crippen LogP contribution in [0.25, 0.3) is 0 Å². The minimum atomic E-state index is -0.0989. The molecule has 1 aliphatic rings. The largest absolute Gasteiger partial charge is 0.468 e. The van der Waals surface area contributed by atoms with Gasteiger partial charge in [0.1, 0.15) is 6.04 Å². The van der Waals surface area contributed by atoms with Crippen LogP contribution >= 0.6 is 0 Å². The number of methoxy groups -OCH3 is 1. The molecule has 0 aromatic carbocycles. The number of carbonyl (C=O) groups is 1. The van der Waals surface area contributed by atoms with Crippen molar-refractivity contribution in [1.29, 1.82) is 0 Å². The highest BCUT2D eigenvalue weighted by atomic mass is 16.5. The molecule has 1 heterocycles. The molecule has 2 atom stereocenters. The molecule has 0 radical (unpaired) electrons. The van der Waals surface area contributed by atoms with Crippen LogP contribution in [0.4, 0.5) is 0 Å².